The fourth-order valence-corrected chi connectivity index (χ4v) is 8.71. The van der Waals surface area contributed by atoms with Crippen LogP contribution in [-0.4, -0.2) is 11.7 Å². The first kappa shape index (κ1) is 30.3. The largest absolute Gasteiger partial charge is 0.456 e. The van der Waals surface area contributed by atoms with E-state index in [9.17, 15) is 0 Å². The van der Waals surface area contributed by atoms with Gasteiger partial charge in [-0.25, -0.2) is 4.99 Å². The Kier molecular flexibility index (Phi) is 7.18. The molecule has 0 aliphatic rings. The van der Waals surface area contributed by atoms with Gasteiger partial charge in [-0.3, -0.25) is 4.99 Å². The van der Waals surface area contributed by atoms with Crippen molar-refractivity contribution < 1.29 is 4.42 Å². The standard InChI is InChI=1S/C47H31N3OS/c48-46(39-18-10-22-43-45(39)38-16-6-8-21-42(38)52-43)50-47(31-24-23-29-11-1-2-12-30(29)27-31)49-28-32-25-26-35(34-14-4-3-13-33(32)34)36-17-9-20-41-44(36)37-15-5-7-19-40(37)51-41/h1-27H,28H2,(H2,48,49,50). The van der Waals surface area contributed by atoms with Crippen molar-refractivity contribution in [3.63, 3.8) is 0 Å². The summed E-state index contributed by atoms with van der Waals surface area (Å²) in [6.45, 7) is 0.435. The summed E-state index contributed by atoms with van der Waals surface area (Å²) in [6, 6.07) is 57.1. The number of para-hydroxylation sites is 1. The Balaban J connectivity index is 1.12. The summed E-state index contributed by atoms with van der Waals surface area (Å²) < 4.78 is 8.66. The second kappa shape index (κ2) is 12.3. The predicted octanol–water partition coefficient (Wildman–Crippen LogP) is 12.3. The Morgan fingerprint density at radius 2 is 1.25 bits per heavy atom. The molecule has 0 unspecified atom stereocenters. The number of furan rings is 1. The smallest absolute Gasteiger partial charge is 0.157 e. The van der Waals surface area contributed by atoms with Crippen LogP contribution in [0, 0.1) is 0 Å². The molecule has 0 atom stereocenters. The molecular weight excluding hydrogens is 655 g/mol. The third-order valence-corrected chi connectivity index (χ3v) is 11.2. The third-order valence-electron chi connectivity index (χ3n) is 10.0. The minimum atomic E-state index is 0.435. The number of nitrogens with two attached hydrogens (primary N) is 1. The van der Waals surface area contributed by atoms with Crippen molar-refractivity contribution in [1.82, 2.24) is 0 Å². The summed E-state index contributed by atoms with van der Waals surface area (Å²) in [6.07, 6.45) is 0. The van der Waals surface area contributed by atoms with Crippen molar-refractivity contribution in [3.8, 4) is 11.1 Å². The van der Waals surface area contributed by atoms with E-state index in [4.69, 9.17) is 20.1 Å². The zero-order valence-corrected chi connectivity index (χ0v) is 28.9. The third kappa shape index (κ3) is 5.05. The topological polar surface area (TPSA) is 63.9 Å². The van der Waals surface area contributed by atoms with Gasteiger partial charge in [-0.05, 0) is 68.6 Å². The molecule has 0 aliphatic carbocycles. The zero-order chi connectivity index (χ0) is 34.6. The van der Waals surface area contributed by atoms with E-state index in [0.29, 0.717) is 18.2 Å². The van der Waals surface area contributed by atoms with Crippen molar-refractivity contribution in [2.45, 2.75) is 6.54 Å². The molecule has 0 saturated heterocycles. The van der Waals surface area contributed by atoms with Crippen LogP contribution in [0.3, 0.4) is 0 Å². The molecule has 8 aromatic carbocycles. The fourth-order valence-electron chi connectivity index (χ4n) is 7.58. The van der Waals surface area contributed by atoms with Crippen LogP contribution >= 0.6 is 11.3 Å². The molecule has 0 amide bonds. The van der Waals surface area contributed by atoms with E-state index in [0.717, 1.165) is 65.9 Å². The van der Waals surface area contributed by atoms with E-state index in [1.54, 1.807) is 11.3 Å². The summed E-state index contributed by atoms with van der Waals surface area (Å²) >= 11 is 1.77. The summed E-state index contributed by atoms with van der Waals surface area (Å²) in [5.41, 5.74) is 14.0. The number of rotatable bonds is 5. The van der Waals surface area contributed by atoms with Crippen LogP contribution in [0.4, 0.5) is 0 Å². The Bertz CT molecular complexity index is 3070. The molecule has 246 valence electrons. The fraction of sp³-hybridized carbons (Fsp3) is 0.0213. The van der Waals surface area contributed by atoms with E-state index in [2.05, 4.69) is 146 Å². The van der Waals surface area contributed by atoms with Crippen LogP contribution in [0.15, 0.2) is 178 Å². The summed E-state index contributed by atoms with van der Waals surface area (Å²) in [7, 11) is 0. The molecular formula is C47H31N3OS. The van der Waals surface area contributed by atoms with E-state index < -0.39 is 0 Å². The molecule has 10 aromatic rings. The molecule has 0 saturated carbocycles. The highest BCUT2D eigenvalue weighted by molar-refractivity contribution is 7.25. The van der Waals surface area contributed by atoms with Crippen molar-refractivity contribution in [1.29, 1.82) is 0 Å². The number of benzene rings is 8. The Labute approximate surface area is 303 Å². The maximum absolute atomic E-state index is 6.95. The number of thiophene rings is 1. The Hall–Kier alpha value is -6.56. The van der Waals surface area contributed by atoms with Crippen molar-refractivity contribution in [2.75, 3.05) is 0 Å². The Morgan fingerprint density at radius 1 is 0.538 bits per heavy atom. The van der Waals surface area contributed by atoms with Gasteiger partial charge < -0.3 is 10.2 Å². The summed E-state index contributed by atoms with van der Waals surface area (Å²) in [5.74, 6) is 1.05. The van der Waals surface area contributed by atoms with Crippen LogP contribution in [0.2, 0.25) is 0 Å². The van der Waals surface area contributed by atoms with Crippen LogP contribution in [0.1, 0.15) is 16.7 Å². The summed E-state index contributed by atoms with van der Waals surface area (Å²) in [4.78, 5) is 10.4. The molecule has 2 heterocycles. The molecule has 0 radical (unpaired) electrons. The lowest BCUT2D eigenvalue weighted by Crippen LogP contribution is -2.17. The maximum atomic E-state index is 6.95. The lowest BCUT2D eigenvalue weighted by molar-refractivity contribution is 0.669. The first-order chi connectivity index (χ1) is 25.7. The number of nitrogens with zero attached hydrogens (tertiary/aromatic N) is 2. The number of hydrogen-bond acceptors (Lipinski definition) is 3. The highest BCUT2D eigenvalue weighted by Crippen LogP contribution is 2.40. The van der Waals surface area contributed by atoms with Gasteiger partial charge in [0, 0.05) is 42.1 Å². The monoisotopic (exact) mass is 685 g/mol. The highest BCUT2D eigenvalue weighted by Gasteiger charge is 2.17. The quantitative estimate of drug-likeness (QED) is 0.145. The van der Waals surface area contributed by atoms with Gasteiger partial charge in [-0.1, -0.05) is 133 Å². The lowest BCUT2D eigenvalue weighted by Gasteiger charge is -2.12. The SMILES string of the molecule is N/C(=N\C(=N/Cc1ccc(-c2cccc3oc4ccccc4c23)c2ccccc12)c1ccc2ccccc2c1)c1cccc2sc3ccccc3c12. The average molecular weight is 686 g/mol. The molecule has 0 aliphatic heterocycles. The average Bonchev–Trinajstić information content (AvgIpc) is 3.78. The van der Waals surface area contributed by atoms with Crippen LogP contribution in [0.5, 0.6) is 0 Å². The maximum Gasteiger partial charge on any atom is 0.157 e. The van der Waals surface area contributed by atoms with Crippen molar-refractivity contribution in [3.05, 3.63) is 180 Å². The number of amidine groups is 2. The van der Waals surface area contributed by atoms with Crippen molar-refractivity contribution >= 4 is 86.7 Å². The second-order valence-electron chi connectivity index (χ2n) is 13.1. The predicted molar refractivity (Wildman–Crippen MR) is 221 cm³/mol. The van der Waals surface area contributed by atoms with Gasteiger partial charge in [0.05, 0.1) is 6.54 Å². The van der Waals surface area contributed by atoms with Gasteiger partial charge in [0.1, 0.15) is 17.0 Å². The minimum absolute atomic E-state index is 0.435. The van der Waals surface area contributed by atoms with E-state index >= 15 is 0 Å². The van der Waals surface area contributed by atoms with E-state index in [-0.39, 0.29) is 0 Å². The van der Waals surface area contributed by atoms with Gasteiger partial charge in [-0.15, -0.1) is 11.3 Å². The summed E-state index contributed by atoms with van der Waals surface area (Å²) in [5, 5.41) is 9.17. The molecule has 2 aromatic heterocycles. The molecule has 0 spiro atoms. The highest BCUT2D eigenvalue weighted by atomic mass is 32.1. The van der Waals surface area contributed by atoms with Gasteiger partial charge in [0.2, 0.25) is 0 Å². The number of fused-ring (bicyclic) bond motifs is 8. The van der Waals surface area contributed by atoms with E-state index in [1.807, 2.05) is 18.2 Å². The first-order valence-corrected chi connectivity index (χ1v) is 18.2. The molecule has 0 fully saturated rings. The Morgan fingerprint density at radius 3 is 2.15 bits per heavy atom. The van der Waals surface area contributed by atoms with Crippen molar-refractivity contribution in [2.24, 2.45) is 15.7 Å². The molecule has 2 N–H and O–H groups in total. The van der Waals surface area contributed by atoms with Gasteiger partial charge in [0.25, 0.3) is 0 Å². The lowest BCUT2D eigenvalue weighted by atomic mass is 9.92. The number of hydrogen-bond donors (Lipinski definition) is 1. The minimum Gasteiger partial charge on any atom is -0.456 e. The molecule has 52 heavy (non-hydrogen) atoms. The van der Waals surface area contributed by atoms with Crippen LogP contribution in [-0.2, 0) is 6.54 Å². The second-order valence-corrected chi connectivity index (χ2v) is 14.2. The molecule has 10 rings (SSSR count). The van der Waals surface area contributed by atoms with E-state index in [1.165, 1.54) is 25.6 Å². The van der Waals surface area contributed by atoms with Crippen LogP contribution in [0.25, 0.3) is 74.8 Å². The normalized spacial score (nSPS) is 12.6. The number of aliphatic imine (C=N–C) groups is 2. The molecule has 0 bridgehead atoms. The molecule has 5 heteroatoms. The first-order valence-electron chi connectivity index (χ1n) is 17.4. The zero-order valence-electron chi connectivity index (χ0n) is 28.1. The van der Waals surface area contributed by atoms with Gasteiger partial charge in [-0.2, -0.15) is 0 Å². The van der Waals surface area contributed by atoms with Crippen LogP contribution < -0.4 is 5.73 Å². The molecule has 4 nitrogen and oxygen atoms in total. The van der Waals surface area contributed by atoms with Gasteiger partial charge >= 0.3 is 0 Å². The van der Waals surface area contributed by atoms with Gasteiger partial charge in [0.15, 0.2) is 5.84 Å².